The summed E-state index contributed by atoms with van der Waals surface area (Å²) in [6, 6.07) is 4.13. The molecule has 0 atom stereocenters. The molecule has 0 unspecified atom stereocenters. The Morgan fingerprint density at radius 3 is 2.43 bits per heavy atom. The molecular weight excluding hydrogens is 371 g/mol. The van der Waals surface area contributed by atoms with Crippen molar-refractivity contribution in [2.75, 3.05) is 19.0 Å². The molecule has 28 heavy (non-hydrogen) atoms. The van der Waals surface area contributed by atoms with Crippen LogP contribution in [-0.4, -0.2) is 30.0 Å². The highest BCUT2D eigenvalue weighted by atomic mass is 19.4. The van der Waals surface area contributed by atoms with E-state index in [9.17, 15) is 13.2 Å². The van der Waals surface area contributed by atoms with Crippen molar-refractivity contribution in [3.05, 3.63) is 29.5 Å². The maximum absolute atomic E-state index is 12.4. The number of halogens is 3. The molecule has 0 amide bonds. The van der Waals surface area contributed by atoms with Crippen LogP contribution in [-0.2, 0) is 6.42 Å². The van der Waals surface area contributed by atoms with Gasteiger partial charge in [-0.3, -0.25) is 0 Å². The number of hydrogen-bond acceptors (Lipinski definition) is 5. The van der Waals surface area contributed by atoms with Crippen LogP contribution in [0.25, 0.3) is 11.3 Å². The molecule has 0 aliphatic rings. The second-order valence-electron chi connectivity index (χ2n) is 6.39. The van der Waals surface area contributed by atoms with Gasteiger partial charge in [-0.05, 0) is 43.5 Å². The van der Waals surface area contributed by atoms with E-state index in [2.05, 4.69) is 26.9 Å². The number of nitrogens with zero attached hydrogens (tertiary/aromatic N) is 2. The standard InChI is InChI=1S/C20H26F3N3O2/c1-5-7-8-11-24-18-16(6-2)25-17(19(26-18)27-4)15-10-9-14(12-13(15)3)28-20(21,22)23/h9-10,12H,5-8,11H2,1-4H3,(H,24,26). The van der Waals surface area contributed by atoms with Gasteiger partial charge >= 0.3 is 6.36 Å². The molecule has 0 radical (unpaired) electrons. The van der Waals surface area contributed by atoms with E-state index in [0.29, 0.717) is 34.9 Å². The molecule has 1 N–H and O–H groups in total. The Kier molecular flexibility index (Phi) is 7.48. The minimum atomic E-state index is -4.73. The molecule has 0 saturated heterocycles. The third-order valence-corrected chi connectivity index (χ3v) is 4.22. The summed E-state index contributed by atoms with van der Waals surface area (Å²) in [6.45, 7) is 6.61. The monoisotopic (exact) mass is 397 g/mol. The van der Waals surface area contributed by atoms with Crippen molar-refractivity contribution >= 4 is 5.82 Å². The zero-order chi connectivity index (χ0) is 20.7. The number of nitrogens with one attached hydrogen (secondary N) is 1. The lowest BCUT2D eigenvalue weighted by Crippen LogP contribution is -2.17. The van der Waals surface area contributed by atoms with Gasteiger partial charge in [0.05, 0.1) is 12.8 Å². The summed E-state index contributed by atoms with van der Waals surface area (Å²) in [5.74, 6) is 0.724. The fourth-order valence-corrected chi connectivity index (χ4v) is 2.84. The first-order valence-electron chi connectivity index (χ1n) is 9.34. The molecule has 0 aliphatic heterocycles. The average Bonchev–Trinajstić information content (AvgIpc) is 2.63. The maximum atomic E-state index is 12.4. The van der Waals surface area contributed by atoms with Crippen molar-refractivity contribution in [3.63, 3.8) is 0 Å². The highest BCUT2D eigenvalue weighted by Crippen LogP contribution is 2.34. The molecule has 0 fully saturated rings. The first-order valence-corrected chi connectivity index (χ1v) is 9.34. The number of aryl methyl sites for hydroxylation is 2. The highest BCUT2D eigenvalue weighted by Gasteiger charge is 2.31. The molecule has 5 nitrogen and oxygen atoms in total. The number of anilines is 1. The summed E-state index contributed by atoms with van der Waals surface area (Å²) < 4.78 is 46.7. The summed E-state index contributed by atoms with van der Waals surface area (Å²) >= 11 is 0. The highest BCUT2D eigenvalue weighted by molar-refractivity contribution is 5.70. The Bertz CT molecular complexity index is 795. The summed E-state index contributed by atoms with van der Waals surface area (Å²) in [5.41, 5.74) is 2.50. The molecule has 0 spiro atoms. The first kappa shape index (κ1) is 21.8. The molecule has 1 heterocycles. The van der Waals surface area contributed by atoms with Crippen molar-refractivity contribution in [1.82, 2.24) is 9.97 Å². The van der Waals surface area contributed by atoms with E-state index >= 15 is 0 Å². The minimum absolute atomic E-state index is 0.273. The van der Waals surface area contributed by atoms with Gasteiger partial charge in [-0.1, -0.05) is 26.7 Å². The van der Waals surface area contributed by atoms with Crippen LogP contribution in [0.1, 0.15) is 44.4 Å². The Balaban J connectivity index is 2.36. The number of ether oxygens (including phenoxy) is 2. The van der Waals surface area contributed by atoms with Crippen LogP contribution in [0.2, 0.25) is 0 Å². The minimum Gasteiger partial charge on any atom is -0.479 e. The van der Waals surface area contributed by atoms with E-state index in [-0.39, 0.29) is 5.75 Å². The van der Waals surface area contributed by atoms with Crippen molar-refractivity contribution in [3.8, 4) is 22.9 Å². The second kappa shape index (κ2) is 9.61. The Hall–Kier alpha value is -2.51. The van der Waals surface area contributed by atoms with Crippen LogP contribution in [0.15, 0.2) is 18.2 Å². The predicted octanol–water partition coefficient (Wildman–Crippen LogP) is 5.52. The molecule has 1 aromatic carbocycles. The van der Waals surface area contributed by atoms with E-state index in [4.69, 9.17) is 4.74 Å². The van der Waals surface area contributed by atoms with E-state index in [1.54, 1.807) is 6.92 Å². The van der Waals surface area contributed by atoms with Crippen molar-refractivity contribution in [1.29, 1.82) is 0 Å². The van der Waals surface area contributed by atoms with Gasteiger partial charge < -0.3 is 14.8 Å². The topological polar surface area (TPSA) is 56.3 Å². The molecule has 0 saturated carbocycles. The summed E-state index contributed by atoms with van der Waals surface area (Å²) in [6.07, 6.45) is -0.780. The number of unbranched alkanes of at least 4 members (excludes halogenated alkanes) is 2. The molecule has 2 aromatic rings. The summed E-state index contributed by atoms with van der Waals surface area (Å²) in [7, 11) is 1.50. The SMILES string of the molecule is CCCCCNc1nc(OC)c(-c2ccc(OC(F)(F)F)cc2C)nc1CC. The van der Waals surface area contributed by atoms with Crippen molar-refractivity contribution in [2.45, 2.75) is 52.8 Å². The normalized spacial score (nSPS) is 11.4. The van der Waals surface area contributed by atoms with Crippen LogP contribution < -0.4 is 14.8 Å². The molecular formula is C20H26F3N3O2. The van der Waals surface area contributed by atoms with Crippen LogP contribution in [0.5, 0.6) is 11.6 Å². The largest absolute Gasteiger partial charge is 0.573 e. The number of rotatable bonds is 9. The number of alkyl halides is 3. The van der Waals surface area contributed by atoms with Crippen LogP contribution >= 0.6 is 0 Å². The molecule has 154 valence electrons. The number of methoxy groups -OCH3 is 1. The number of hydrogen-bond donors (Lipinski definition) is 1. The van der Waals surface area contributed by atoms with Gasteiger partial charge in [0.25, 0.3) is 0 Å². The lowest BCUT2D eigenvalue weighted by molar-refractivity contribution is -0.274. The van der Waals surface area contributed by atoms with E-state index in [1.165, 1.54) is 25.3 Å². The van der Waals surface area contributed by atoms with Gasteiger partial charge in [0.2, 0.25) is 5.88 Å². The molecule has 1 aromatic heterocycles. The molecule has 0 bridgehead atoms. The lowest BCUT2D eigenvalue weighted by Gasteiger charge is -2.16. The van der Waals surface area contributed by atoms with Crippen molar-refractivity contribution < 1.29 is 22.6 Å². The Morgan fingerprint density at radius 1 is 1.11 bits per heavy atom. The van der Waals surface area contributed by atoms with Gasteiger partial charge in [-0.2, -0.15) is 4.98 Å². The summed E-state index contributed by atoms with van der Waals surface area (Å²) in [5, 5.41) is 3.30. The van der Waals surface area contributed by atoms with E-state index < -0.39 is 6.36 Å². The second-order valence-corrected chi connectivity index (χ2v) is 6.39. The van der Waals surface area contributed by atoms with Crippen molar-refractivity contribution in [2.24, 2.45) is 0 Å². The predicted molar refractivity (Wildman–Crippen MR) is 103 cm³/mol. The molecule has 2 rings (SSSR count). The zero-order valence-corrected chi connectivity index (χ0v) is 16.6. The third-order valence-electron chi connectivity index (χ3n) is 4.22. The van der Waals surface area contributed by atoms with E-state index in [0.717, 1.165) is 31.5 Å². The fourth-order valence-electron chi connectivity index (χ4n) is 2.84. The van der Waals surface area contributed by atoms with Gasteiger partial charge in [0.15, 0.2) is 5.82 Å². The van der Waals surface area contributed by atoms with Crippen LogP contribution in [0.4, 0.5) is 19.0 Å². The fraction of sp³-hybridized carbons (Fsp3) is 0.500. The quantitative estimate of drug-likeness (QED) is 0.564. The smallest absolute Gasteiger partial charge is 0.479 e. The average molecular weight is 397 g/mol. The number of aromatic nitrogens is 2. The van der Waals surface area contributed by atoms with Gasteiger partial charge in [-0.25, -0.2) is 4.98 Å². The van der Waals surface area contributed by atoms with Gasteiger partial charge in [0, 0.05) is 12.1 Å². The third kappa shape index (κ3) is 5.74. The first-order chi connectivity index (χ1) is 13.3. The van der Waals surface area contributed by atoms with E-state index in [1.807, 2.05) is 6.92 Å². The summed E-state index contributed by atoms with van der Waals surface area (Å²) in [4.78, 5) is 9.24. The van der Waals surface area contributed by atoms with Gasteiger partial charge in [-0.15, -0.1) is 13.2 Å². The maximum Gasteiger partial charge on any atom is 0.573 e. The van der Waals surface area contributed by atoms with Crippen LogP contribution in [0.3, 0.4) is 0 Å². The molecule has 0 aliphatic carbocycles. The van der Waals surface area contributed by atoms with Gasteiger partial charge in [0.1, 0.15) is 11.4 Å². The molecule has 8 heteroatoms. The number of benzene rings is 1. The Labute approximate surface area is 163 Å². The van der Waals surface area contributed by atoms with Crippen LogP contribution in [0, 0.1) is 6.92 Å². The zero-order valence-electron chi connectivity index (χ0n) is 16.6. The Morgan fingerprint density at radius 2 is 1.86 bits per heavy atom. The lowest BCUT2D eigenvalue weighted by atomic mass is 10.0.